The maximum Gasteiger partial charge on any atom is 0.320 e. The number of hydrogen-bond acceptors (Lipinski definition) is 2. The van der Waals surface area contributed by atoms with Crippen molar-refractivity contribution < 1.29 is 28.1 Å². The van der Waals surface area contributed by atoms with Crippen LogP contribution in [0.15, 0.2) is 0 Å². The molecule has 0 aliphatic carbocycles. The summed E-state index contributed by atoms with van der Waals surface area (Å²) in [5, 5.41) is 1.58. The maximum absolute atomic E-state index is 9.62. The van der Waals surface area contributed by atoms with Crippen molar-refractivity contribution >= 4 is 12.1 Å². The van der Waals surface area contributed by atoms with Crippen LogP contribution in [-0.4, -0.2) is 12.1 Å². The SMILES string of the molecule is NC(=O)NC(N)=O.[V]. The molecule has 0 bridgehead atoms. The van der Waals surface area contributed by atoms with E-state index in [1.807, 2.05) is 0 Å². The number of nitrogens with two attached hydrogens (primary N) is 2. The van der Waals surface area contributed by atoms with Crippen molar-refractivity contribution in [1.29, 1.82) is 0 Å². The van der Waals surface area contributed by atoms with Gasteiger partial charge in [-0.25, -0.2) is 9.59 Å². The average molecular weight is 154 g/mol. The first kappa shape index (κ1) is 10.3. The Kier molecular flexibility index (Phi) is 5.79. The molecule has 8 heavy (non-hydrogen) atoms. The first-order valence-electron chi connectivity index (χ1n) is 1.49. The number of hydrogen-bond donors (Lipinski definition) is 3. The Morgan fingerprint density at radius 2 is 1.38 bits per heavy atom. The van der Waals surface area contributed by atoms with Gasteiger partial charge in [-0.2, -0.15) is 0 Å². The summed E-state index contributed by atoms with van der Waals surface area (Å²) in [6.07, 6.45) is 0. The van der Waals surface area contributed by atoms with Gasteiger partial charge >= 0.3 is 12.1 Å². The van der Waals surface area contributed by atoms with Crippen LogP contribution in [0.3, 0.4) is 0 Å². The standard InChI is InChI=1S/C2H5N3O2.V/c3-1(6)5-2(4)7;/h(H5,3,4,5,6,7);. The predicted octanol–water partition coefficient (Wildman–Crippen LogP) is -1.27. The number of urea groups is 2. The Balaban J connectivity index is 0. The minimum absolute atomic E-state index is 0. The van der Waals surface area contributed by atoms with E-state index in [4.69, 9.17) is 0 Å². The molecule has 0 saturated heterocycles. The Hall–Kier alpha value is -0.676. The molecule has 5 nitrogen and oxygen atoms in total. The minimum atomic E-state index is -0.938. The van der Waals surface area contributed by atoms with Crippen LogP contribution in [0, 0.1) is 0 Å². The van der Waals surface area contributed by atoms with Crippen LogP contribution in [0.1, 0.15) is 0 Å². The number of carbonyl (C=O) groups excluding carboxylic acids is 2. The van der Waals surface area contributed by atoms with Gasteiger partial charge in [-0.15, -0.1) is 0 Å². The van der Waals surface area contributed by atoms with Gasteiger partial charge in [0.05, 0.1) is 0 Å². The van der Waals surface area contributed by atoms with Crippen molar-refractivity contribution in [3.05, 3.63) is 0 Å². The number of nitrogens with one attached hydrogen (secondary N) is 1. The van der Waals surface area contributed by atoms with Crippen LogP contribution < -0.4 is 16.8 Å². The zero-order chi connectivity index (χ0) is 5.86. The Morgan fingerprint density at radius 1 is 1.12 bits per heavy atom. The topological polar surface area (TPSA) is 98.2 Å². The predicted molar refractivity (Wildman–Crippen MR) is 22.3 cm³/mol. The van der Waals surface area contributed by atoms with E-state index in [-0.39, 0.29) is 18.6 Å². The second kappa shape index (κ2) is 4.48. The zero-order valence-electron chi connectivity index (χ0n) is 3.92. The van der Waals surface area contributed by atoms with Gasteiger partial charge in [0, 0.05) is 18.6 Å². The van der Waals surface area contributed by atoms with E-state index in [1.165, 1.54) is 0 Å². The number of imide groups is 1. The largest absolute Gasteiger partial charge is 0.351 e. The van der Waals surface area contributed by atoms with Crippen LogP contribution in [0.2, 0.25) is 0 Å². The van der Waals surface area contributed by atoms with Gasteiger partial charge in [0.1, 0.15) is 0 Å². The van der Waals surface area contributed by atoms with Crippen LogP contribution in [-0.2, 0) is 18.6 Å². The van der Waals surface area contributed by atoms with Gasteiger partial charge in [-0.3, -0.25) is 5.32 Å². The molecule has 0 aromatic carbocycles. The first-order valence-corrected chi connectivity index (χ1v) is 1.49. The average Bonchev–Trinajstić information content (AvgIpc) is 1.27. The van der Waals surface area contributed by atoms with E-state index in [9.17, 15) is 9.59 Å². The summed E-state index contributed by atoms with van der Waals surface area (Å²) >= 11 is 0. The molecule has 5 N–H and O–H groups in total. The molecule has 0 aromatic rings. The molecule has 45 valence electrons. The van der Waals surface area contributed by atoms with Gasteiger partial charge in [0.25, 0.3) is 0 Å². The van der Waals surface area contributed by atoms with Crippen molar-refractivity contribution in [3.8, 4) is 0 Å². The summed E-state index contributed by atoms with van der Waals surface area (Å²) in [5.74, 6) is 0. The minimum Gasteiger partial charge on any atom is -0.351 e. The van der Waals surface area contributed by atoms with E-state index in [0.717, 1.165) is 0 Å². The number of carbonyl (C=O) groups is 2. The molecule has 0 spiro atoms. The summed E-state index contributed by atoms with van der Waals surface area (Å²) in [6.45, 7) is 0. The van der Waals surface area contributed by atoms with Gasteiger partial charge in [-0.1, -0.05) is 0 Å². The van der Waals surface area contributed by atoms with Crippen molar-refractivity contribution in [2.24, 2.45) is 11.5 Å². The van der Waals surface area contributed by atoms with Gasteiger partial charge < -0.3 is 11.5 Å². The third-order valence-electron chi connectivity index (χ3n) is 0.246. The number of primary amides is 2. The summed E-state index contributed by atoms with van der Waals surface area (Å²) in [6, 6.07) is -1.88. The second-order valence-corrected chi connectivity index (χ2v) is 0.854. The maximum atomic E-state index is 9.62. The molecule has 0 rings (SSSR count). The fourth-order valence-corrected chi connectivity index (χ4v) is 0.121. The quantitative estimate of drug-likeness (QED) is 0.405. The molecule has 0 heterocycles. The summed E-state index contributed by atoms with van der Waals surface area (Å²) < 4.78 is 0. The van der Waals surface area contributed by atoms with Crippen LogP contribution >= 0.6 is 0 Å². The van der Waals surface area contributed by atoms with Crippen LogP contribution in [0.25, 0.3) is 0 Å². The molecule has 6 heteroatoms. The molecule has 4 amide bonds. The Bertz CT molecular complexity index is 91.5. The Morgan fingerprint density at radius 3 is 1.38 bits per heavy atom. The van der Waals surface area contributed by atoms with Crippen molar-refractivity contribution in [2.75, 3.05) is 0 Å². The summed E-state index contributed by atoms with van der Waals surface area (Å²) in [5.41, 5.74) is 8.88. The molecule has 1 radical (unpaired) electrons. The fourth-order valence-electron chi connectivity index (χ4n) is 0.121. The van der Waals surface area contributed by atoms with Crippen molar-refractivity contribution in [3.63, 3.8) is 0 Å². The molecule has 0 atom stereocenters. The molecule has 0 unspecified atom stereocenters. The third kappa shape index (κ3) is 9.01. The second-order valence-electron chi connectivity index (χ2n) is 0.854. The normalized spacial score (nSPS) is 6.50. The number of rotatable bonds is 0. The smallest absolute Gasteiger partial charge is 0.320 e. The number of amides is 4. The van der Waals surface area contributed by atoms with Gasteiger partial charge in [0.2, 0.25) is 0 Å². The summed E-state index contributed by atoms with van der Waals surface area (Å²) in [4.78, 5) is 19.2. The third-order valence-corrected chi connectivity index (χ3v) is 0.246. The van der Waals surface area contributed by atoms with E-state index in [1.54, 1.807) is 5.32 Å². The Labute approximate surface area is 57.7 Å². The van der Waals surface area contributed by atoms with Gasteiger partial charge in [-0.05, 0) is 0 Å². The molecule has 0 aliphatic heterocycles. The van der Waals surface area contributed by atoms with Crippen molar-refractivity contribution in [2.45, 2.75) is 0 Å². The van der Waals surface area contributed by atoms with E-state index in [2.05, 4.69) is 11.5 Å². The molecule has 0 saturated carbocycles. The summed E-state index contributed by atoms with van der Waals surface area (Å²) in [7, 11) is 0. The molecular formula is C2H5N3O2V. The van der Waals surface area contributed by atoms with Crippen molar-refractivity contribution in [1.82, 2.24) is 5.32 Å². The van der Waals surface area contributed by atoms with E-state index < -0.39 is 12.1 Å². The molecule has 0 aliphatic rings. The van der Waals surface area contributed by atoms with Crippen LogP contribution in [0.5, 0.6) is 0 Å². The monoisotopic (exact) mass is 154 g/mol. The molecular weight excluding hydrogens is 149 g/mol. The van der Waals surface area contributed by atoms with Crippen LogP contribution in [0.4, 0.5) is 9.59 Å². The molecule has 0 aromatic heterocycles. The first-order chi connectivity index (χ1) is 3.13. The zero-order valence-corrected chi connectivity index (χ0v) is 5.32. The molecule has 0 fully saturated rings. The van der Waals surface area contributed by atoms with Gasteiger partial charge in [0.15, 0.2) is 0 Å². The fraction of sp³-hybridized carbons (Fsp3) is 0. The van der Waals surface area contributed by atoms with E-state index in [0.29, 0.717) is 0 Å². The van der Waals surface area contributed by atoms with E-state index >= 15 is 0 Å².